The van der Waals surface area contributed by atoms with E-state index in [1.54, 1.807) is 30.4 Å². The van der Waals surface area contributed by atoms with Crippen LogP contribution in [0.3, 0.4) is 0 Å². The van der Waals surface area contributed by atoms with Crippen molar-refractivity contribution in [2.24, 2.45) is 7.05 Å². The highest BCUT2D eigenvalue weighted by Crippen LogP contribution is 2.39. The van der Waals surface area contributed by atoms with Crippen molar-refractivity contribution in [2.45, 2.75) is 38.9 Å². The van der Waals surface area contributed by atoms with Gasteiger partial charge in [0.15, 0.2) is 4.77 Å². The maximum absolute atomic E-state index is 11.8. The van der Waals surface area contributed by atoms with Crippen molar-refractivity contribution in [3.63, 3.8) is 0 Å². The summed E-state index contributed by atoms with van der Waals surface area (Å²) in [4.78, 5) is 14.2. The smallest absolute Gasteiger partial charge is 0.313 e. The fourth-order valence-corrected chi connectivity index (χ4v) is 3.94. The lowest BCUT2D eigenvalue weighted by Crippen LogP contribution is -2.27. The molecule has 1 saturated heterocycles. The summed E-state index contributed by atoms with van der Waals surface area (Å²) in [7, 11) is 5.17. The maximum atomic E-state index is 11.8. The Morgan fingerprint density at radius 1 is 1.31 bits per heavy atom. The van der Waals surface area contributed by atoms with Crippen molar-refractivity contribution < 1.29 is 19.0 Å². The Balaban J connectivity index is 1.83. The van der Waals surface area contributed by atoms with E-state index in [0.717, 1.165) is 36.4 Å². The van der Waals surface area contributed by atoms with Gasteiger partial charge in [-0.05, 0) is 50.2 Å². The third-order valence-corrected chi connectivity index (χ3v) is 5.70. The summed E-state index contributed by atoms with van der Waals surface area (Å²) in [6.45, 7) is 3.61. The summed E-state index contributed by atoms with van der Waals surface area (Å²) >= 11 is 5.55. The number of likely N-dealkylation sites (tertiary alicyclic amines) is 1. The van der Waals surface area contributed by atoms with E-state index in [-0.39, 0.29) is 18.4 Å². The molecule has 0 N–H and O–H groups in total. The van der Waals surface area contributed by atoms with Crippen molar-refractivity contribution in [1.29, 1.82) is 0 Å². The van der Waals surface area contributed by atoms with Crippen LogP contribution in [0.15, 0.2) is 18.2 Å². The van der Waals surface area contributed by atoms with E-state index in [2.05, 4.69) is 10.00 Å². The molecule has 1 aliphatic rings. The zero-order chi connectivity index (χ0) is 21.0. The second-order valence-electron chi connectivity index (χ2n) is 6.96. The quantitative estimate of drug-likeness (QED) is 0.480. The van der Waals surface area contributed by atoms with Crippen LogP contribution >= 0.6 is 12.2 Å². The molecule has 1 fully saturated rings. The van der Waals surface area contributed by atoms with E-state index in [9.17, 15) is 4.79 Å². The molecular weight excluding hydrogens is 392 g/mol. The minimum Gasteiger partial charge on any atom is -0.497 e. The number of hydrogen-bond donors (Lipinski definition) is 0. The first-order chi connectivity index (χ1) is 14.0. The molecule has 0 radical (unpaired) electrons. The number of aromatic nitrogens is 3. The van der Waals surface area contributed by atoms with Crippen LogP contribution in [0.4, 0.5) is 0 Å². The summed E-state index contributed by atoms with van der Waals surface area (Å²) in [5, 5.41) is 4.58. The highest BCUT2D eigenvalue weighted by Gasteiger charge is 2.29. The van der Waals surface area contributed by atoms with Crippen LogP contribution in [-0.4, -0.2) is 52.6 Å². The fraction of sp³-hybridized carbons (Fsp3) is 0.550. The molecule has 3 rings (SSSR count). The van der Waals surface area contributed by atoms with E-state index in [4.69, 9.17) is 26.4 Å². The SMILES string of the molecule is CCOC(=O)Cc1nn(CN2CCC[C@@H]2c2cc(OC)ccc2OC)c(=S)n1C. The number of carbonyl (C=O) groups is 1. The van der Waals surface area contributed by atoms with Gasteiger partial charge < -0.3 is 18.8 Å². The first-order valence-corrected chi connectivity index (χ1v) is 10.1. The van der Waals surface area contributed by atoms with Gasteiger partial charge >= 0.3 is 5.97 Å². The molecule has 0 bridgehead atoms. The second kappa shape index (κ2) is 9.41. The van der Waals surface area contributed by atoms with Gasteiger partial charge in [-0.15, -0.1) is 0 Å². The number of nitrogens with zero attached hydrogens (tertiary/aromatic N) is 4. The van der Waals surface area contributed by atoms with Gasteiger partial charge in [0.25, 0.3) is 0 Å². The van der Waals surface area contributed by atoms with Crippen LogP contribution < -0.4 is 9.47 Å². The van der Waals surface area contributed by atoms with Gasteiger partial charge in [0.1, 0.15) is 23.7 Å². The van der Waals surface area contributed by atoms with E-state index < -0.39 is 0 Å². The first-order valence-electron chi connectivity index (χ1n) is 9.72. The molecule has 1 aliphatic heterocycles. The molecule has 1 aromatic carbocycles. The van der Waals surface area contributed by atoms with Crippen LogP contribution in [0, 0.1) is 4.77 Å². The van der Waals surface area contributed by atoms with Gasteiger partial charge in [-0.1, -0.05) is 0 Å². The Morgan fingerprint density at radius 2 is 2.10 bits per heavy atom. The summed E-state index contributed by atoms with van der Waals surface area (Å²) in [6, 6.07) is 6.05. The van der Waals surface area contributed by atoms with Crippen LogP contribution in [0.5, 0.6) is 11.5 Å². The molecule has 0 unspecified atom stereocenters. The Hall–Kier alpha value is -2.39. The van der Waals surface area contributed by atoms with Crippen LogP contribution in [0.25, 0.3) is 0 Å². The molecule has 2 aromatic rings. The third-order valence-electron chi connectivity index (χ3n) is 5.21. The Labute approximate surface area is 176 Å². The zero-order valence-electron chi connectivity index (χ0n) is 17.4. The number of carbonyl (C=O) groups excluding carboxylic acids is 1. The normalized spacial score (nSPS) is 16.8. The molecule has 0 saturated carbocycles. The maximum Gasteiger partial charge on any atom is 0.313 e. The number of ether oxygens (including phenoxy) is 3. The van der Waals surface area contributed by atoms with E-state index in [1.807, 2.05) is 25.2 Å². The standard InChI is InChI=1S/C20H28N4O4S/c1-5-28-19(25)12-18-21-24(20(29)22(18)2)13-23-10-6-7-16(23)15-11-14(26-3)8-9-17(15)27-4/h8-9,11,16H,5-7,10,12-13H2,1-4H3/t16-/m1/s1. The summed E-state index contributed by atoms with van der Waals surface area (Å²) < 4.78 is 20.1. The van der Waals surface area contributed by atoms with Crippen molar-refractivity contribution in [1.82, 2.24) is 19.2 Å². The minimum atomic E-state index is -0.303. The monoisotopic (exact) mass is 420 g/mol. The Morgan fingerprint density at radius 3 is 2.79 bits per heavy atom. The summed E-state index contributed by atoms with van der Waals surface area (Å²) in [6.07, 6.45) is 2.19. The highest BCUT2D eigenvalue weighted by molar-refractivity contribution is 7.71. The number of esters is 1. The number of methoxy groups -OCH3 is 2. The molecule has 1 aromatic heterocycles. The Bertz CT molecular complexity index is 924. The number of rotatable bonds is 8. The topological polar surface area (TPSA) is 70.8 Å². The first kappa shape index (κ1) is 21.3. The van der Waals surface area contributed by atoms with E-state index in [1.165, 1.54) is 0 Å². The predicted octanol–water partition coefficient (Wildman–Crippen LogP) is 2.87. The molecule has 158 valence electrons. The van der Waals surface area contributed by atoms with Gasteiger partial charge in [-0.3, -0.25) is 9.69 Å². The average molecular weight is 421 g/mol. The van der Waals surface area contributed by atoms with Crippen molar-refractivity contribution in [3.8, 4) is 11.5 Å². The predicted molar refractivity (Wildman–Crippen MR) is 111 cm³/mol. The molecule has 0 amide bonds. The minimum absolute atomic E-state index is 0.105. The zero-order valence-corrected chi connectivity index (χ0v) is 18.2. The molecular formula is C20H28N4O4S. The van der Waals surface area contributed by atoms with Crippen molar-refractivity contribution in [3.05, 3.63) is 34.4 Å². The van der Waals surface area contributed by atoms with Crippen LogP contribution in [0.1, 0.15) is 37.2 Å². The lowest BCUT2D eigenvalue weighted by atomic mass is 10.0. The van der Waals surface area contributed by atoms with Crippen LogP contribution in [0.2, 0.25) is 0 Å². The number of hydrogen-bond acceptors (Lipinski definition) is 7. The third kappa shape index (κ3) is 4.62. The van der Waals surface area contributed by atoms with Gasteiger partial charge in [0.2, 0.25) is 0 Å². The molecule has 0 spiro atoms. The van der Waals surface area contributed by atoms with Crippen molar-refractivity contribution in [2.75, 3.05) is 27.4 Å². The second-order valence-corrected chi connectivity index (χ2v) is 7.32. The van der Waals surface area contributed by atoms with Gasteiger partial charge in [0, 0.05) is 25.2 Å². The van der Waals surface area contributed by atoms with Gasteiger partial charge in [0.05, 0.1) is 27.5 Å². The molecule has 0 aliphatic carbocycles. The molecule has 2 heterocycles. The average Bonchev–Trinajstić information content (AvgIpc) is 3.28. The van der Waals surface area contributed by atoms with Gasteiger partial charge in [-0.25, -0.2) is 4.68 Å². The molecule has 8 nitrogen and oxygen atoms in total. The molecule has 1 atom stereocenters. The number of benzene rings is 1. The largest absolute Gasteiger partial charge is 0.497 e. The van der Waals surface area contributed by atoms with Crippen molar-refractivity contribution >= 4 is 18.2 Å². The highest BCUT2D eigenvalue weighted by atomic mass is 32.1. The van der Waals surface area contributed by atoms with E-state index in [0.29, 0.717) is 23.9 Å². The summed E-state index contributed by atoms with van der Waals surface area (Å²) in [5.74, 6) is 1.94. The Kier molecular flexibility index (Phi) is 6.92. The lowest BCUT2D eigenvalue weighted by molar-refractivity contribution is -0.142. The lowest BCUT2D eigenvalue weighted by Gasteiger charge is -2.26. The van der Waals surface area contributed by atoms with Crippen LogP contribution in [-0.2, 0) is 29.7 Å². The summed E-state index contributed by atoms with van der Waals surface area (Å²) in [5.41, 5.74) is 1.10. The molecule has 29 heavy (non-hydrogen) atoms. The molecule has 9 heteroatoms. The van der Waals surface area contributed by atoms with E-state index >= 15 is 0 Å². The van der Waals surface area contributed by atoms with Gasteiger partial charge in [-0.2, -0.15) is 5.10 Å². The fourth-order valence-electron chi connectivity index (χ4n) is 3.74.